The van der Waals surface area contributed by atoms with Gasteiger partial charge in [-0.25, -0.2) is 4.98 Å². The molecule has 0 N–H and O–H groups in total. The molecule has 0 bridgehead atoms. The normalized spacial score (nSPS) is 11.0. The monoisotopic (exact) mass is 394 g/mol. The van der Waals surface area contributed by atoms with Crippen molar-refractivity contribution in [3.05, 3.63) is 83.8 Å². The summed E-state index contributed by atoms with van der Waals surface area (Å²) in [6.45, 7) is 0.459. The largest absolute Gasteiger partial charge is 0.467 e. The van der Waals surface area contributed by atoms with Crippen molar-refractivity contribution < 1.29 is 9.21 Å². The smallest absolute Gasteiger partial charge is 0.254 e. The van der Waals surface area contributed by atoms with Gasteiger partial charge in [0.15, 0.2) is 4.34 Å². The first-order valence-corrected chi connectivity index (χ1v) is 10.3. The number of carbonyl (C=O) groups is 1. The van der Waals surface area contributed by atoms with Crippen molar-refractivity contribution >= 4 is 39.2 Å². The molecule has 2 aromatic carbocycles. The van der Waals surface area contributed by atoms with E-state index in [1.807, 2.05) is 54.6 Å². The van der Waals surface area contributed by atoms with Crippen LogP contribution >= 0.6 is 23.1 Å². The number of fused-ring (bicyclic) bond motifs is 1. The Kier molecular flexibility index (Phi) is 5.27. The van der Waals surface area contributed by atoms with Crippen molar-refractivity contribution in [2.45, 2.75) is 16.6 Å². The van der Waals surface area contributed by atoms with Crippen LogP contribution in [0, 0.1) is 0 Å². The fraction of sp³-hybridized carbons (Fsp3) is 0.143. The van der Waals surface area contributed by atoms with Crippen LogP contribution in [0.15, 0.2) is 75.7 Å². The summed E-state index contributed by atoms with van der Waals surface area (Å²) < 4.78 is 7.58. The predicted octanol–water partition coefficient (Wildman–Crippen LogP) is 5.45. The van der Waals surface area contributed by atoms with Crippen LogP contribution in [0.5, 0.6) is 0 Å². The fourth-order valence-electron chi connectivity index (χ4n) is 2.73. The van der Waals surface area contributed by atoms with Gasteiger partial charge >= 0.3 is 0 Å². The predicted molar refractivity (Wildman–Crippen MR) is 110 cm³/mol. The van der Waals surface area contributed by atoms with Gasteiger partial charge < -0.3 is 9.32 Å². The zero-order valence-corrected chi connectivity index (χ0v) is 16.4. The molecule has 4 aromatic rings. The molecule has 4 rings (SSSR count). The highest BCUT2D eigenvalue weighted by atomic mass is 32.2. The number of aromatic nitrogens is 1. The first-order valence-electron chi connectivity index (χ1n) is 8.54. The Hall–Kier alpha value is -2.57. The molecular formula is C21H18N2O2S2. The summed E-state index contributed by atoms with van der Waals surface area (Å²) >= 11 is 3.43. The number of benzene rings is 2. The Labute approximate surface area is 165 Å². The molecule has 6 heteroatoms. The molecule has 0 radical (unpaired) electrons. The van der Waals surface area contributed by atoms with E-state index in [2.05, 4.69) is 11.1 Å². The van der Waals surface area contributed by atoms with E-state index < -0.39 is 0 Å². The quantitative estimate of drug-likeness (QED) is 0.408. The minimum Gasteiger partial charge on any atom is -0.467 e. The topological polar surface area (TPSA) is 46.3 Å². The Morgan fingerprint density at radius 3 is 2.67 bits per heavy atom. The van der Waals surface area contributed by atoms with Crippen molar-refractivity contribution in [2.24, 2.45) is 0 Å². The summed E-state index contributed by atoms with van der Waals surface area (Å²) in [5.41, 5.74) is 2.90. The lowest BCUT2D eigenvalue weighted by molar-refractivity contribution is 0.0775. The number of hydrogen-bond acceptors (Lipinski definition) is 5. The van der Waals surface area contributed by atoms with Crippen LogP contribution in [0.25, 0.3) is 10.2 Å². The highest BCUT2D eigenvalue weighted by Gasteiger charge is 2.13. The van der Waals surface area contributed by atoms with Crippen LogP contribution in [-0.4, -0.2) is 22.8 Å². The fourth-order valence-corrected chi connectivity index (χ4v) is 4.75. The number of hydrogen-bond donors (Lipinski definition) is 0. The second-order valence-electron chi connectivity index (χ2n) is 6.17. The second-order valence-corrected chi connectivity index (χ2v) is 8.43. The number of thioether (sulfide) groups is 1. The molecule has 0 aliphatic heterocycles. The lowest BCUT2D eigenvalue weighted by Gasteiger charge is -2.15. The zero-order chi connectivity index (χ0) is 18.6. The number of rotatable bonds is 6. The third-order valence-corrected chi connectivity index (χ3v) is 6.41. The molecule has 0 aliphatic rings. The molecule has 2 heterocycles. The highest BCUT2D eigenvalue weighted by Crippen LogP contribution is 2.31. The molecule has 27 heavy (non-hydrogen) atoms. The van der Waals surface area contributed by atoms with E-state index in [0.717, 1.165) is 21.4 Å². The maximum atomic E-state index is 12.5. The molecule has 1 amide bonds. The summed E-state index contributed by atoms with van der Waals surface area (Å²) in [5.74, 6) is 1.59. The first kappa shape index (κ1) is 17.8. The molecule has 0 atom stereocenters. The van der Waals surface area contributed by atoms with Gasteiger partial charge in [-0.05, 0) is 42.0 Å². The average molecular weight is 395 g/mol. The SMILES string of the molecule is CN(Cc1ccco1)C(=O)c1ccc(CSc2nc3ccccc3s2)cc1. The molecule has 0 aliphatic carbocycles. The molecule has 136 valence electrons. The molecule has 0 fully saturated rings. The third kappa shape index (κ3) is 4.23. The molecule has 2 aromatic heterocycles. The maximum absolute atomic E-state index is 12.5. The highest BCUT2D eigenvalue weighted by molar-refractivity contribution is 8.00. The van der Waals surface area contributed by atoms with Crippen molar-refractivity contribution in [3.8, 4) is 0 Å². The van der Waals surface area contributed by atoms with Gasteiger partial charge in [-0.15, -0.1) is 11.3 Å². The first-order chi connectivity index (χ1) is 13.2. The van der Waals surface area contributed by atoms with Crippen molar-refractivity contribution in [3.63, 3.8) is 0 Å². The molecule has 0 spiro atoms. The second kappa shape index (κ2) is 7.98. The molecule has 0 unspecified atom stereocenters. The van der Waals surface area contributed by atoms with Gasteiger partial charge in [0.1, 0.15) is 5.76 Å². The zero-order valence-electron chi connectivity index (χ0n) is 14.8. The molecule has 4 nitrogen and oxygen atoms in total. The Bertz CT molecular complexity index is 1010. The van der Waals surface area contributed by atoms with Gasteiger partial charge in [0.05, 0.1) is 23.0 Å². The van der Waals surface area contributed by atoms with Crippen LogP contribution in [0.3, 0.4) is 0 Å². The minimum absolute atomic E-state index is 0.0169. The van der Waals surface area contributed by atoms with E-state index in [1.165, 1.54) is 10.3 Å². The lowest BCUT2D eigenvalue weighted by atomic mass is 10.1. The molecule has 0 saturated heterocycles. The van der Waals surface area contributed by atoms with Crippen LogP contribution in [0.1, 0.15) is 21.7 Å². The van der Waals surface area contributed by atoms with Gasteiger partial charge in [0, 0.05) is 18.4 Å². The van der Waals surface area contributed by atoms with Gasteiger partial charge in [0.25, 0.3) is 5.91 Å². The Morgan fingerprint density at radius 2 is 1.93 bits per heavy atom. The summed E-state index contributed by atoms with van der Waals surface area (Å²) in [5, 5.41) is 0. The van der Waals surface area contributed by atoms with E-state index in [-0.39, 0.29) is 5.91 Å². The number of thiazole rings is 1. The van der Waals surface area contributed by atoms with Crippen LogP contribution in [-0.2, 0) is 12.3 Å². The van der Waals surface area contributed by atoms with Crippen LogP contribution in [0.4, 0.5) is 0 Å². The summed E-state index contributed by atoms with van der Waals surface area (Å²) in [6.07, 6.45) is 1.62. The summed E-state index contributed by atoms with van der Waals surface area (Å²) in [4.78, 5) is 18.8. The number of amides is 1. The number of carbonyl (C=O) groups excluding carboxylic acids is 1. The van der Waals surface area contributed by atoms with Crippen molar-refractivity contribution in [2.75, 3.05) is 7.05 Å². The van der Waals surface area contributed by atoms with E-state index in [1.54, 1.807) is 41.3 Å². The third-order valence-electron chi connectivity index (χ3n) is 4.16. The summed E-state index contributed by atoms with van der Waals surface area (Å²) in [7, 11) is 1.78. The van der Waals surface area contributed by atoms with Crippen LogP contribution < -0.4 is 0 Å². The van der Waals surface area contributed by atoms with Crippen molar-refractivity contribution in [1.29, 1.82) is 0 Å². The Morgan fingerprint density at radius 1 is 1.11 bits per heavy atom. The van der Waals surface area contributed by atoms with E-state index >= 15 is 0 Å². The molecular weight excluding hydrogens is 376 g/mol. The molecule has 0 saturated carbocycles. The van der Waals surface area contributed by atoms with E-state index in [0.29, 0.717) is 12.1 Å². The van der Waals surface area contributed by atoms with Gasteiger partial charge in [-0.3, -0.25) is 4.79 Å². The number of furan rings is 1. The van der Waals surface area contributed by atoms with E-state index in [4.69, 9.17) is 4.42 Å². The van der Waals surface area contributed by atoms with Crippen LogP contribution in [0.2, 0.25) is 0 Å². The van der Waals surface area contributed by atoms with Gasteiger partial charge in [0.2, 0.25) is 0 Å². The van der Waals surface area contributed by atoms with Crippen molar-refractivity contribution in [1.82, 2.24) is 9.88 Å². The maximum Gasteiger partial charge on any atom is 0.254 e. The standard InChI is InChI=1S/C21H18N2O2S2/c1-23(13-17-5-4-12-25-17)20(24)16-10-8-15(9-11-16)14-26-21-22-18-6-2-3-7-19(18)27-21/h2-12H,13-14H2,1H3. The van der Waals surface area contributed by atoms with Gasteiger partial charge in [-0.2, -0.15) is 0 Å². The van der Waals surface area contributed by atoms with E-state index in [9.17, 15) is 4.79 Å². The lowest BCUT2D eigenvalue weighted by Crippen LogP contribution is -2.25. The van der Waals surface area contributed by atoms with Gasteiger partial charge in [-0.1, -0.05) is 36.0 Å². The summed E-state index contributed by atoms with van der Waals surface area (Å²) in [6, 6.07) is 19.7. The number of para-hydroxylation sites is 1. The Balaban J connectivity index is 1.37. The minimum atomic E-state index is -0.0169. The number of nitrogens with zero attached hydrogens (tertiary/aromatic N) is 2. The average Bonchev–Trinajstić information content (AvgIpc) is 3.35.